The zero-order valence-corrected chi connectivity index (χ0v) is 15.0. The van der Waals surface area contributed by atoms with Crippen molar-refractivity contribution >= 4 is 12.4 Å². The summed E-state index contributed by atoms with van der Waals surface area (Å²) in [6.45, 7) is 5.98. The molecule has 0 bridgehead atoms. The Bertz CT molecular complexity index is 662. The molecule has 0 saturated heterocycles. The maximum Gasteiger partial charge on any atom is 0.0945 e. The molecule has 0 spiro atoms. The lowest BCUT2D eigenvalue weighted by Gasteiger charge is -2.49. The highest BCUT2D eigenvalue weighted by molar-refractivity contribution is 5.85. The van der Waals surface area contributed by atoms with Crippen LogP contribution in [-0.4, -0.2) is 9.55 Å². The minimum atomic E-state index is 0. The van der Waals surface area contributed by atoms with Crippen LogP contribution in [0.25, 0.3) is 0 Å². The van der Waals surface area contributed by atoms with Crippen LogP contribution in [0.15, 0.2) is 36.9 Å². The quantitative estimate of drug-likeness (QED) is 0.790. The van der Waals surface area contributed by atoms with Gasteiger partial charge in [0, 0.05) is 18.9 Å². The van der Waals surface area contributed by atoms with Crippen LogP contribution in [0, 0.1) is 11.8 Å². The topological polar surface area (TPSA) is 17.8 Å². The maximum absolute atomic E-state index is 4.21. The molecular weight excluding hydrogens is 304 g/mol. The first-order valence-electron chi connectivity index (χ1n) is 8.76. The normalized spacial score (nSPS) is 25.8. The van der Waals surface area contributed by atoms with Crippen LogP contribution in [0.1, 0.15) is 49.8 Å². The first kappa shape index (κ1) is 16.6. The summed E-state index contributed by atoms with van der Waals surface area (Å²) in [5.41, 5.74) is 5.41. The van der Waals surface area contributed by atoms with E-state index in [4.69, 9.17) is 0 Å². The molecule has 3 heteroatoms. The van der Waals surface area contributed by atoms with Crippen LogP contribution in [0.4, 0.5) is 0 Å². The molecular formula is C20H27ClN2. The number of aryl methyl sites for hydroxylation is 1. The average Bonchev–Trinajstić information content (AvgIpc) is 3.00. The van der Waals surface area contributed by atoms with Crippen molar-refractivity contribution in [1.29, 1.82) is 0 Å². The number of hydrogen-bond donors (Lipinski definition) is 0. The standard InChI is InChI=1S/C20H26N2.ClH/c1-15(2)20-8-4-7-17-5-3-6-18(19(17)20)11-16(12-20)13-22-10-9-21-14-22;/h3,5-6,9-10,14-16H,4,7-8,11-13H2,1-2H3;1H/t16-,20+;/m0./s1. The van der Waals surface area contributed by atoms with Crippen molar-refractivity contribution in [1.82, 2.24) is 9.55 Å². The van der Waals surface area contributed by atoms with Crippen LogP contribution in [-0.2, 0) is 24.8 Å². The van der Waals surface area contributed by atoms with E-state index in [1.54, 1.807) is 16.7 Å². The van der Waals surface area contributed by atoms with Crippen molar-refractivity contribution in [2.75, 3.05) is 0 Å². The molecule has 1 heterocycles. The molecule has 2 aliphatic carbocycles. The van der Waals surface area contributed by atoms with Gasteiger partial charge in [0.25, 0.3) is 0 Å². The van der Waals surface area contributed by atoms with Crippen molar-refractivity contribution in [2.24, 2.45) is 11.8 Å². The molecule has 124 valence electrons. The van der Waals surface area contributed by atoms with Crippen molar-refractivity contribution in [3.05, 3.63) is 53.6 Å². The minimum absolute atomic E-state index is 0. The summed E-state index contributed by atoms with van der Waals surface area (Å²) in [6.07, 6.45) is 12.5. The number of aromatic nitrogens is 2. The summed E-state index contributed by atoms with van der Waals surface area (Å²) in [7, 11) is 0. The molecule has 4 rings (SSSR count). The van der Waals surface area contributed by atoms with Gasteiger partial charge in [-0.2, -0.15) is 0 Å². The lowest BCUT2D eigenvalue weighted by Crippen LogP contribution is -2.43. The second-order valence-corrected chi connectivity index (χ2v) is 7.65. The molecule has 0 N–H and O–H groups in total. The van der Waals surface area contributed by atoms with E-state index in [2.05, 4.69) is 47.8 Å². The zero-order chi connectivity index (χ0) is 15.2. The fourth-order valence-corrected chi connectivity index (χ4v) is 5.13. The third kappa shape index (κ3) is 2.71. The SMILES string of the molecule is CC(C)[C@]12CCCc3cccc(c31)C[C@H](Cn1ccnc1)C2.Cl. The van der Waals surface area contributed by atoms with E-state index >= 15 is 0 Å². The van der Waals surface area contributed by atoms with E-state index < -0.39 is 0 Å². The first-order chi connectivity index (χ1) is 10.7. The second kappa shape index (κ2) is 6.32. The van der Waals surface area contributed by atoms with E-state index in [-0.39, 0.29) is 12.4 Å². The summed E-state index contributed by atoms with van der Waals surface area (Å²) in [5.74, 6) is 1.45. The van der Waals surface area contributed by atoms with Gasteiger partial charge in [0.2, 0.25) is 0 Å². The Hall–Kier alpha value is -1.28. The van der Waals surface area contributed by atoms with E-state index in [0.29, 0.717) is 5.41 Å². The van der Waals surface area contributed by atoms with Gasteiger partial charge in [0.1, 0.15) is 0 Å². The van der Waals surface area contributed by atoms with Gasteiger partial charge in [0.15, 0.2) is 0 Å². The number of rotatable bonds is 3. The van der Waals surface area contributed by atoms with Gasteiger partial charge in [-0.15, -0.1) is 12.4 Å². The zero-order valence-electron chi connectivity index (χ0n) is 14.2. The molecule has 1 aromatic heterocycles. The van der Waals surface area contributed by atoms with Gasteiger partial charge in [-0.3, -0.25) is 0 Å². The third-order valence-electron chi connectivity index (χ3n) is 6.10. The van der Waals surface area contributed by atoms with Crippen molar-refractivity contribution < 1.29 is 0 Å². The highest BCUT2D eigenvalue weighted by atomic mass is 35.5. The Labute approximate surface area is 145 Å². The van der Waals surface area contributed by atoms with Crippen LogP contribution in [0.5, 0.6) is 0 Å². The van der Waals surface area contributed by atoms with E-state index in [9.17, 15) is 0 Å². The monoisotopic (exact) mass is 330 g/mol. The molecule has 2 aromatic rings. The van der Waals surface area contributed by atoms with Gasteiger partial charge in [0.05, 0.1) is 6.33 Å². The van der Waals surface area contributed by atoms with Gasteiger partial charge in [-0.25, -0.2) is 4.98 Å². The van der Waals surface area contributed by atoms with Crippen molar-refractivity contribution in [3.63, 3.8) is 0 Å². The molecule has 2 aliphatic rings. The molecule has 2 atom stereocenters. The summed E-state index contributed by atoms with van der Waals surface area (Å²) < 4.78 is 2.26. The molecule has 0 aliphatic heterocycles. The minimum Gasteiger partial charge on any atom is -0.337 e. The number of hydrogen-bond acceptors (Lipinski definition) is 1. The lowest BCUT2D eigenvalue weighted by atomic mass is 9.55. The Morgan fingerprint density at radius 1 is 1.30 bits per heavy atom. The van der Waals surface area contributed by atoms with Crippen LogP contribution >= 0.6 is 12.4 Å². The predicted octanol–water partition coefficient (Wildman–Crippen LogP) is 4.80. The number of halogens is 1. The summed E-state index contributed by atoms with van der Waals surface area (Å²) >= 11 is 0. The van der Waals surface area contributed by atoms with E-state index in [1.165, 1.54) is 32.1 Å². The second-order valence-electron chi connectivity index (χ2n) is 7.65. The summed E-state index contributed by atoms with van der Waals surface area (Å²) in [6, 6.07) is 7.05. The van der Waals surface area contributed by atoms with Gasteiger partial charge >= 0.3 is 0 Å². The van der Waals surface area contributed by atoms with Crippen LogP contribution in [0.3, 0.4) is 0 Å². The number of nitrogens with zero attached hydrogens (tertiary/aromatic N) is 2. The third-order valence-corrected chi connectivity index (χ3v) is 6.10. The largest absolute Gasteiger partial charge is 0.337 e. The molecule has 0 fully saturated rings. The predicted molar refractivity (Wildman–Crippen MR) is 97.2 cm³/mol. The van der Waals surface area contributed by atoms with Crippen molar-refractivity contribution in [2.45, 2.75) is 57.9 Å². The molecule has 1 aromatic carbocycles. The van der Waals surface area contributed by atoms with Gasteiger partial charge in [-0.05, 0) is 66.0 Å². The number of benzene rings is 1. The van der Waals surface area contributed by atoms with Gasteiger partial charge in [-0.1, -0.05) is 32.0 Å². The number of imidazole rings is 1. The fourth-order valence-electron chi connectivity index (χ4n) is 5.13. The highest BCUT2D eigenvalue weighted by Gasteiger charge is 2.45. The molecule has 0 amide bonds. The Kier molecular flexibility index (Phi) is 4.55. The molecule has 2 nitrogen and oxygen atoms in total. The fraction of sp³-hybridized carbons (Fsp3) is 0.550. The molecule has 23 heavy (non-hydrogen) atoms. The molecule has 0 radical (unpaired) electrons. The molecule has 0 unspecified atom stereocenters. The Balaban J connectivity index is 0.00000156. The first-order valence-corrected chi connectivity index (χ1v) is 8.76. The van der Waals surface area contributed by atoms with E-state index in [0.717, 1.165) is 18.4 Å². The average molecular weight is 331 g/mol. The Morgan fingerprint density at radius 2 is 2.13 bits per heavy atom. The van der Waals surface area contributed by atoms with E-state index in [1.807, 2.05) is 12.5 Å². The maximum atomic E-state index is 4.21. The Morgan fingerprint density at radius 3 is 2.87 bits per heavy atom. The lowest BCUT2D eigenvalue weighted by molar-refractivity contribution is 0.175. The van der Waals surface area contributed by atoms with Crippen molar-refractivity contribution in [3.8, 4) is 0 Å². The smallest absolute Gasteiger partial charge is 0.0945 e. The van der Waals surface area contributed by atoms with Crippen LogP contribution < -0.4 is 0 Å². The highest BCUT2D eigenvalue weighted by Crippen LogP contribution is 2.52. The van der Waals surface area contributed by atoms with Gasteiger partial charge < -0.3 is 4.57 Å². The summed E-state index contributed by atoms with van der Waals surface area (Å²) in [5, 5.41) is 0. The summed E-state index contributed by atoms with van der Waals surface area (Å²) in [4.78, 5) is 4.21. The van der Waals surface area contributed by atoms with Crippen LogP contribution in [0.2, 0.25) is 0 Å². The molecule has 0 saturated carbocycles.